The van der Waals surface area contributed by atoms with Crippen molar-refractivity contribution in [2.45, 2.75) is 77.7 Å². The van der Waals surface area contributed by atoms with Gasteiger partial charge in [-0.25, -0.2) is 0 Å². The number of aliphatic hydroxyl groups is 1. The molecule has 4 saturated carbocycles. The van der Waals surface area contributed by atoms with Crippen molar-refractivity contribution >= 4 is 5.78 Å². The maximum absolute atomic E-state index is 11.9. The van der Waals surface area contributed by atoms with Gasteiger partial charge in [-0.3, -0.25) is 4.79 Å². The molecule has 0 unspecified atom stereocenters. The van der Waals surface area contributed by atoms with Crippen LogP contribution in [0.1, 0.15) is 71.6 Å². The Kier molecular flexibility index (Phi) is 4.50. The third-order valence-electron chi connectivity index (χ3n) is 8.24. The lowest BCUT2D eigenvalue weighted by atomic mass is 9.46. The molecule has 0 aromatic carbocycles. The van der Waals surface area contributed by atoms with E-state index in [-0.39, 0.29) is 11.5 Å². The number of hydrogen-bond acceptors (Lipinski definition) is 2. The zero-order chi connectivity index (χ0) is 16.8. The predicted octanol–water partition coefficient (Wildman–Crippen LogP) is 4.76. The van der Waals surface area contributed by atoms with Crippen LogP contribution in [0, 0.1) is 34.5 Å². The molecule has 0 heterocycles. The van der Waals surface area contributed by atoms with Gasteiger partial charge in [-0.15, -0.1) is 13.2 Å². The first kappa shape index (κ1) is 17.2. The minimum atomic E-state index is -0.0651. The molecule has 0 spiro atoms. The van der Waals surface area contributed by atoms with E-state index in [0.717, 1.165) is 49.4 Å². The van der Waals surface area contributed by atoms with Crippen LogP contribution < -0.4 is 0 Å². The third kappa shape index (κ3) is 2.52. The summed E-state index contributed by atoms with van der Waals surface area (Å²) in [6.45, 7) is 10.7. The number of Topliss-reactive ketones (excluding diaryl/α,β-unsaturated/α-hetero) is 1. The number of ketones is 1. The summed E-state index contributed by atoms with van der Waals surface area (Å²) in [6.07, 6.45) is 10.0. The van der Waals surface area contributed by atoms with E-state index in [1.54, 1.807) is 0 Å². The van der Waals surface area contributed by atoms with E-state index in [9.17, 15) is 9.90 Å². The van der Waals surface area contributed by atoms with Gasteiger partial charge < -0.3 is 5.11 Å². The largest absolute Gasteiger partial charge is 0.393 e. The molecule has 4 rings (SSSR count). The van der Waals surface area contributed by atoms with Crippen LogP contribution >= 0.6 is 0 Å². The quantitative estimate of drug-likeness (QED) is 0.654. The molecule has 2 nitrogen and oxygen atoms in total. The van der Waals surface area contributed by atoms with E-state index in [2.05, 4.69) is 27.0 Å². The van der Waals surface area contributed by atoms with Crippen LogP contribution in [-0.2, 0) is 4.79 Å². The summed E-state index contributed by atoms with van der Waals surface area (Å²) in [5.74, 6) is 3.68. The fourth-order valence-electron chi connectivity index (χ4n) is 7.04. The maximum Gasteiger partial charge on any atom is 0.133 e. The molecule has 7 atom stereocenters. The molecule has 0 aliphatic heterocycles. The van der Waals surface area contributed by atoms with Crippen molar-refractivity contribution in [2.24, 2.45) is 34.5 Å². The summed E-state index contributed by atoms with van der Waals surface area (Å²) in [4.78, 5) is 11.9. The zero-order valence-corrected chi connectivity index (χ0v) is 15.0. The normalized spacial score (nSPS) is 51.8. The Bertz CT molecular complexity index is 472. The van der Waals surface area contributed by atoms with Crippen molar-refractivity contribution in [1.29, 1.82) is 0 Å². The lowest BCUT2D eigenvalue weighted by Gasteiger charge is -2.58. The summed E-state index contributed by atoms with van der Waals surface area (Å²) in [7, 11) is 0. The summed E-state index contributed by atoms with van der Waals surface area (Å²) in [5.41, 5.74) is 0.487. The lowest BCUT2D eigenvalue weighted by Crippen LogP contribution is -2.52. The molecule has 0 amide bonds. The highest BCUT2D eigenvalue weighted by atomic mass is 16.3. The summed E-state index contributed by atoms with van der Waals surface area (Å²) < 4.78 is 0. The molecule has 1 N–H and O–H groups in total. The minimum absolute atomic E-state index is 0.0651. The topological polar surface area (TPSA) is 37.3 Å². The number of rotatable bonds is 0. The summed E-state index contributed by atoms with van der Waals surface area (Å²) in [5, 5.41) is 10.4. The Balaban J connectivity index is 0.000000753. The first-order valence-electron chi connectivity index (χ1n) is 9.64. The molecule has 0 aromatic rings. The second kappa shape index (κ2) is 6.02. The fraction of sp³-hybridized carbons (Fsp3) is 0.857. The van der Waals surface area contributed by atoms with E-state index < -0.39 is 0 Å². The Morgan fingerprint density at radius 3 is 2.35 bits per heavy atom. The van der Waals surface area contributed by atoms with Gasteiger partial charge >= 0.3 is 0 Å². The summed E-state index contributed by atoms with van der Waals surface area (Å²) in [6, 6.07) is 0. The van der Waals surface area contributed by atoms with E-state index in [1.165, 1.54) is 32.1 Å². The van der Waals surface area contributed by atoms with Crippen molar-refractivity contribution in [3.8, 4) is 0 Å². The van der Waals surface area contributed by atoms with E-state index in [4.69, 9.17) is 0 Å². The molecule has 23 heavy (non-hydrogen) atoms. The van der Waals surface area contributed by atoms with Crippen molar-refractivity contribution in [1.82, 2.24) is 0 Å². The Morgan fingerprint density at radius 1 is 0.957 bits per heavy atom. The molecule has 0 saturated heterocycles. The number of carbonyl (C=O) groups excluding carboxylic acids is 1. The van der Waals surface area contributed by atoms with Gasteiger partial charge in [0.15, 0.2) is 0 Å². The van der Waals surface area contributed by atoms with E-state index in [1.807, 2.05) is 0 Å². The van der Waals surface area contributed by atoms with Crippen LogP contribution in [0.3, 0.4) is 0 Å². The van der Waals surface area contributed by atoms with Gasteiger partial charge in [0, 0.05) is 12.8 Å². The SMILES string of the molecule is C=C.C[C@@]12CC[C@@H]3[C@H](CC[C@]4(C)[C@@H](O)CC[C@@H]34)[C@H]1CCC(=O)C2. The minimum Gasteiger partial charge on any atom is -0.393 e. The molecular formula is C21H34O2. The molecule has 4 aliphatic carbocycles. The van der Waals surface area contributed by atoms with Crippen molar-refractivity contribution in [3.05, 3.63) is 13.2 Å². The van der Waals surface area contributed by atoms with E-state index >= 15 is 0 Å². The highest BCUT2D eigenvalue weighted by Gasteiger charge is 2.58. The van der Waals surface area contributed by atoms with Crippen LogP contribution in [0.2, 0.25) is 0 Å². The lowest BCUT2D eigenvalue weighted by molar-refractivity contribution is -0.138. The van der Waals surface area contributed by atoms with Crippen LogP contribution in [0.5, 0.6) is 0 Å². The molecule has 0 radical (unpaired) electrons. The molecule has 4 fully saturated rings. The van der Waals surface area contributed by atoms with Crippen LogP contribution in [0.4, 0.5) is 0 Å². The maximum atomic E-state index is 11.9. The first-order valence-corrected chi connectivity index (χ1v) is 9.64. The average Bonchev–Trinajstić information content (AvgIpc) is 2.84. The highest BCUT2D eigenvalue weighted by Crippen LogP contribution is 2.64. The molecular weight excluding hydrogens is 284 g/mol. The summed E-state index contributed by atoms with van der Waals surface area (Å²) >= 11 is 0. The standard InChI is InChI=1S/C19H30O2.C2H4/c1-18-9-7-14-13(15(18)4-3-12(20)11-18)8-10-19(2)16(14)5-6-17(19)21;1-2/h13-17,21H,3-11H2,1-2H3;1-2H2/t13-,14+,15+,16-,17-,18-,19-;/m0./s1. The molecule has 2 heteroatoms. The second-order valence-electron chi connectivity index (χ2n) is 9.13. The predicted molar refractivity (Wildman–Crippen MR) is 94.0 cm³/mol. The van der Waals surface area contributed by atoms with Crippen molar-refractivity contribution in [2.75, 3.05) is 0 Å². The number of fused-ring (bicyclic) bond motifs is 5. The highest BCUT2D eigenvalue weighted by molar-refractivity contribution is 5.80. The second-order valence-corrected chi connectivity index (χ2v) is 9.13. The molecule has 130 valence electrons. The number of carbonyl (C=O) groups is 1. The van der Waals surface area contributed by atoms with Crippen LogP contribution in [0.25, 0.3) is 0 Å². The number of aliphatic hydroxyl groups excluding tert-OH is 1. The smallest absolute Gasteiger partial charge is 0.133 e. The van der Waals surface area contributed by atoms with Crippen LogP contribution in [-0.4, -0.2) is 17.0 Å². The van der Waals surface area contributed by atoms with Crippen molar-refractivity contribution in [3.63, 3.8) is 0 Å². The number of hydrogen-bond donors (Lipinski definition) is 1. The Labute approximate surface area is 141 Å². The van der Waals surface area contributed by atoms with Crippen LogP contribution in [0.15, 0.2) is 13.2 Å². The van der Waals surface area contributed by atoms with Gasteiger partial charge in [-0.2, -0.15) is 0 Å². The Morgan fingerprint density at radius 2 is 1.61 bits per heavy atom. The van der Waals surface area contributed by atoms with Gasteiger partial charge in [0.2, 0.25) is 0 Å². The van der Waals surface area contributed by atoms with E-state index in [0.29, 0.717) is 11.2 Å². The zero-order valence-electron chi connectivity index (χ0n) is 15.0. The van der Waals surface area contributed by atoms with Gasteiger partial charge in [-0.05, 0) is 79.4 Å². The van der Waals surface area contributed by atoms with Gasteiger partial charge in [0.25, 0.3) is 0 Å². The molecule has 0 bridgehead atoms. The fourth-order valence-corrected chi connectivity index (χ4v) is 7.04. The van der Waals surface area contributed by atoms with Crippen molar-refractivity contribution < 1.29 is 9.90 Å². The Hall–Kier alpha value is -0.630. The molecule has 0 aromatic heterocycles. The first-order chi connectivity index (χ1) is 10.9. The molecule has 4 aliphatic rings. The van der Waals surface area contributed by atoms with Gasteiger partial charge in [-0.1, -0.05) is 13.8 Å². The van der Waals surface area contributed by atoms with Gasteiger partial charge in [0.1, 0.15) is 5.78 Å². The van der Waals surface area contributed by atoms with Gasteiger partial charge in [0.05, 0.1) is 6.10 Å². The average molecular weight is 319 g/mol. The monoisotopic (exact) mass is 318 g/mol. The third-order valence-corrected chi connectivity index (χ3v) is 8.24.